The van der Waals surface area contributed by atoms with Gasteiger partial charge in [0.1, 0.15) is 40.4 Å². The molecular weight excluding hydrogens is 431 g/mol. The van der Waals surface area contributed by atoms with Crippen molar-refractivity contribution in [2.45, 2.75) is 25.6 Å². The van der Waals surface area contributed by atoms with Crippen LogP contribution in [-0.2, 0) is 23.5 Å². The molecule has 4 rings (SSSR count). The molecule has 0 bridgehead atoms. The van der Waals surface area contributed by atoms with E-state index in [0.29, 0.717) is 22.5 Å². The van der Waals surface area contributed by atoms with Gasteiger partial charge in [-0.3, -0.25) is 9.69 Å². The molecule has 1 saturated heterocycles. The average molecular weight is 447 g/mol. The molecule has 160 valence electrons. The number of hydrogen-bond donors (Lipinski definition) is 1. The van der Waals surface area contributed by atoms with Crippen LogP contribution in [-0.4, -0.2) is 21.8 Å². The summed E-state index contributed by atoms with van der Waals surface area (Å²) in [4.78, 5) is 30.6. The number of hydrogen-bond acceptors (Lipinski definition) is 5. The lowest BCUT2D eigenvalue weighted by atomic mass is 9.91. The minimum atomic E-state index is -1.65. The zero-order valence-corrected chi connectivity index (χ0v) is 17.0. The van der Waals surface area contributed by atoms with Crippen molar-refractivity contribution in [3.63, 3.8) is 0 Å². The van der Waals surface area contributed by atoms with E-state index in [1.165, 1.54) is 42.5 Å². The van der Waals surface area contributed by atoms with Crippen LogP contribution >= 0.6 is 11.3 Å². The van der Waals surface area contributed by atoms with Crippen molar-refractivity contribution in [1.29, 1.82) is 0 Å². The topological polar surface area (TPSA) is 71.5 Å². The first kappa shape index (κ1) is 20.9. The largest absolute Gasteiger partial charge is 0.486 e. The number of urea groups is 1. The first-order chi connectivity index (χ1) is 14.8. The molecule has 6 nitrogen and oxygen atoms in total. The van der Waals surface area contributed by atoms with Crippen LogP contribution in [0.2, 0.25) is 0 Å². The lowest BCUT2D eigenvalue weighted by Crippen LogP contribution is -2.41. The third kappa shape index (κ3) is 4.11. The third-order valence-electron chi connectivity index (χ3n) is 4.84. The maximum Gasteiger partial charge on any atom is 0.325 e. The molecule has 2 heterocycles. The molecule has 1 aliphatic rings. The Kier molecular flexibility index (Phi) is 5.40. The summed E-state index contributed by atoms with van der Waals surface area (Å²) in [5, 5.41) is 4.75. The van der Waals surface area contributed by atoms with E-state index in [0.717, 1.165) is 17.0 Å². The molecule has 3 aromatic rings. The van der Waals surface area contributed by atoms with E-state index < -0.39 is 29.1 Å². The van der Waals surface area contributed by atoms with E-state index in [4.69, 9.17) is 4.74 Å². The molecule has 0 radical (unpaired) electrons. The molecule has 1 atom stereocenters. The summed E-state index contributed by atoms with van der Waals surface area (Å²) < 4.78 is 46.0. The zero-order chi connectivity index (χ0) is 22.2. The number of benzene rings is 2. The molecule has 31 heavy (non-hydrogen) atoms. The highest BCUT2D eigenvalue weighted by atomic mass is 32.1. The summed E-state index contributed by atoms with van der Waals surface area (Å²) in [6, 6.07) is 7.67. The molecule has 0 aliphatic carbocycles. The lowest BCUT2D eigenvalue weighted by molar-refractivity contribution is -0.131. The van der Waals surface area contributed by atoms with Gasteiger partial charge in [0, 0.05) is 17.0 Å². The van der Waals surface area contributed by atoms with Crippen LogP contribution in [0, 0.1) is 17.5 Å². The van der Waals surface area contributed by atoms with Gasteiger partial charge in [-0.1, -0.05) is 6.07 Å². The summed E-state index contributed by atoms with van der Waals surface area (Å²) in [6.45, 7) is 1.39. The Morgan fingerprint density at radius 2 is 1.81 bits per heavy atom. The van der Waals surface area contributed by atoms with E-state index in [-0.39, 0.29) is 24.5 Å². The van der Waals surface area contributed by atoms with Gasteiger partial charge in [0.05, 0.1) is 12.2 Å². The number of nitrogens with zero attached hydrogens (tertiary/aromatic N) is 2. The SMILES string of the molecule is CC1(c2ccc(F)cc2F)NC(=O)N(Cc2csc(COc3ccc(F)cc3)n2)C1=O. The van der Waals surface area contributed by atoms with E-state index in [2.05, 4.69) is 10.3 Å². The Morgan fingerprint density at radius 3 is 2.52 bits per heavy atom. The number of nitrogens with one attached hydrogen (secondary N) is 1. The second-order valence-corrected chi connectivity index (χ2v) is 7.99. The minimum Gasteiger partial charge on any atom is -0.486 e. The first-order valence-corrected chi connectivity index (χ1v) is 10.1. The van der Waals surface area contributed by atoms with Crippen LogP contribution < -0.4 is 10.1 Å². The summed E-state index contributed by atoms with van der Waals surface area (Å²) in [5.41, 5.74) is -1.32. The van der Waals surface area contributed by atoms with Crippen LogP contribution in [0.4, 0.5) is 18.0 Å². The molecule has 2 aromatic carbocycles. The summed E-state index contributed by atoms with van der Waals surface area (Å²) in [5.74, 6) is -2.27. The predicted octanol–water partition coefficient (Wildman–Crippen LogP) is 4.11. The van der Waals surface area contributed by atoms with Crippen LogP contribution in [0.3, 0.4) is 0 Å². The van der Waals surface area contributed by atoms with E-state index >= 15 is 0 Å². The molecule has 10 heteroatoms. The fraction of sp³-hybridized carbons (Fsp3) is 0.190. The molecule has 1 unspecified atom stereocenters. The van der Waals surface area contributed by atoms with E-state index in [1.54, 1.807) is 5.38 Å². The second kappa shape index (κ2) is 8.03. The molecule has 1 N–H and O–H groups in total. The van der Waals surface area contributed by atoms with Gasteiger partial charge in [0.25, 0.3) is 5.91 Å². The van der Waals surface area contributed by atoms with Gasteiger partial charge in [-0.15, -0.1) is 11.3 Å². The number of ether oxygens (including phenoxy) is 1. The molecule has 1 fully saturated rings. The molecule has 1 aromatic heterocycles. The van der Waals surface area contributed by atoms with Gasteiger partial charge < -0.3 is 10.1 Å². The maximum atomic E-state index is 14.2. The van der Waals surface area contributed by atoms with Gasteiger partial charge in [0.15, 0.2) is 0 Å². The number of carbonyl (C=O) groups is 2. The average Bonchev–Trinajstić information content (AvgIpc) is 3.26. The number of aromatic nitrogens is 1. The number of rotatable bonds is 6. The highest BCUT2D eigenvalue weighted by Crippen LogP contribution is 2.32. The number of amides is 3. The summed E-state index contributed by atoms with van der Waals surface area (Å²) in [6.07, 6.45) is 0. The van der Waals surface area contributed by atoms with Crippen molar-refractivity contribution in [2.24, 2.45) is 0 Å². The number of thiazole rings is 1. The van der Waals surface area contributed by atoms with Crippen molar-refractivity contribution in [2.75, 3.05) is 0 Å². The van der Waals surface area contributed by atoms with E-state index in [1.807, 2.05) is 0 Å². The molecular formula is C21H16F3N3O3S. The summed E-state index contributed by atoms with van der Waals surface area (Å²) in [7, 11) is 0. The van der Waals surface area contributed by atoms with Crippen molar-refractivity contribution < 1.29 is 27.5 Å². The molecule has 0 saturated carbocycles. The second-order valence-electron chi connectivity index (χ2n) is 7.05. The standard InChI is InChI=1S/C21H16F3N3O3S/c1-21(16-7-4-13(23)8-17(16)24)19(28)27(20(29)26-21)9-14-11-31-18(25-14)10-30-15-5-2-12(22)3-6-15/h2-8,11H,9-10H2,1H3,(H,26,29). The summed E-state index contributed by atoms with van der Waals surface area (Å²) >= 11 is 1.28. The Bertz CT molecular complexity index is 1150. The fourth-order valence-corrected chi connectivity index (χ4v) is 3.94. The van der Waals surface area contributed by atoms with Crippen LogP contribution in [0.15, 0.2) is 47.8 Å². The monoisotopic (exact) mass is 447 g/mol. The van der Waals surface area contributed by atoms with Gasteiger partial charge in [-0.25, -0.2) is 22.9 Å². The van der Waals surface area contributed by atoms with Crippen LogP contribution in [0.25, 0.3) is 0 Å². The Labute approximate surface area is 179 Å². The zero-order valence-electron chi connectivity index (χ0n) is 16.2. The highest BCUT2D eigenvalue weighted by molar-refractivity contribution is 7.09. The van der Waals surface area contributed by atoms with Crippen LogP contribution in [0.1, 0.15) is 23.2 Å². The first-order valence-electron chi connectivity index (χ1n) is 9.17. The Hall–Kier alpha value is -3.40. The quantitative estimate of drug-likeness (QED) is 0.578. The molecule has 0 spiro atoms. The molecule has 3 amide bonds. The van der Waals surface area contributed by atoms with Crippen molar-refractivity contribution in [3.8, 4) is 5.75 Å². The Morgan fingerprint density at radius 1 is 1.10 bits per heavy atom. The number of halogens is 3. The van der Waals surface area contributed by atoms with Gasteiger partial charge in [-0.05, 0) is 37.3 Å². The molecule has 1 aliphatic heterocycles. The van der Waals surface area contributed by atoms with Gasteiger partial charge in [-0.2, -0.15) is 0 Å². The predicted molar refractivity (Wildman–Crippen MR) is 106 cm³/mol. The highest BCUT2D eigenvalue weighted by Gasteiger charge is 2.50. The lowest BCUT2D eigenvalue weighted by Gasteiger charge is -2.22. The van der Waals surface area contributed by atoms with Crippen molar-refractivity contribution in [3.05, 3.63) is 81.6 Å². The van der Waals surface area contributed by atoms with Crippen LogP contribution in [0.5, 0.6) is 5.75 Å². The maximum absolute atomic E-state index is 14.2. The number of carbonyl (C=O) groups excluding carboxylic acids is 2. The van der Waals surface area contributed by atoms with Gasteiger partial charge >= 0.3 is 6.03 Å². The Balaban J connectivity index is 1.45. The minimum absolute atomic E-state index is 0.115. The number of imide groups is 1. The van der Waals surface area contributed by atoms with Crippen molar-refractivity contribution in [1.82, 2.24) is 15.2 Å². The fourth-order valence-electron chi connectivity index (χ4n) is 3.24. The van der Waals surface area contributed by atoms with Crippen molar-refractivity contribution >= 4 is 23.3 Å². The smallest absolute Gasteiger partial charge is 0.325 e. The third-order valence-corrected chi connectivity index (χ3v) is 5.71. The van der Waals surface area contributed by atoms with E-state index in [9.17, 15) is 22.8 Å². The normalized spacial score (nSPS) is 18.4. The van der Waals surface area contributed by atoms with Gasteiger partial charge in [0.2, 0.25) is 0 Å².